The zero-order chi connectivity index (χ0) is 20.0. The third-order valence-electron chi connectivity index (χ3n) is 5.82. The highest BCUT2D eigenvalue weighted by atomic mass is 16.5. The zero-order valence-corrected chi connectivity index (χ0v) is 16.3. The van der Waals surface area contributed by atoms with E-state index in [-0.39, 0.29) is 17.4 Å². The van der Waals surface area contributed by atoms with Crippen molar-refractivity contribution < 1.29 is 14.3 Å². The van der Waals surface area contributed by atoms with Crippen LogP contribution < -0.4 is 5.32 Å². The minimum atomic E-state index is -0.255. The van der Waals surface area contributed by atoms with Crippen molar-refractivity contribution >= 4 is 22.7 Å². The molecule has 0 unspecified atom stereocenters. The van der Waals surface area contributed by atoms with Gasteiger partial charge in [0, 0.05) is 24.6 Å². The lowest BCUT2D eigenvalue weighted by Gasteiger charge is -2.28. The van der Waals surface area contributed by atoms with Crippen LogP contribution in [0.1, 0.15) is 39.4 Å². The largest absolute Gasteiger partial charge is 0.382 e. The van der Waals surface area contributed by atoms with E-state index in [0.717, 1.165) is 29.4 Å². The molecular weight excluding hydrogens is 370 g/mol. The van der Waals surface area contributed by atoms with Gasteiger partial charge in [-0.25, -0.2) is 0 Å². The Morgan fingerprint density at radius 1 is 1.28 bits per heavy atom. The summed E-state index contributed by atoms with van der Waals surface area (Å²) in [5.41, 5.74) is 2.54. The van der Waals surface area contributed by atoms with Crippen LogP contribution in [0.2, 0.25) is 0 Å². The summed E-state index contributed by atoms with van der Waals surface area (Å²) in [4.78, 5) is 30.9. The maximum absolute atomic E-state index is 13.1. The summed E-state index contributed by atoms with van der Waals surface area (Å²) in [6.07, 6.45) is 3.44. The lowest BCUT2D eigenvalue weighted by molar-refractivity contribution is 0.0696. The molecule has 1 aliphatic heterocycles. The SMILES string of the molecule is COCC1(NC(=O)c2cnn3c2CN(C(=O)c2cc4ccccc4[nH]2)CC3)CC1. The Balaban J connectivity index is 1.35. The highest BCUT2D eigenvalue weighted by molar-refractivity contribution is 5.99. The molecule has 2 N–H and O–H groups in total. The third-order valence-corrected chi connectivity index (χ3v) is 5.82. The second kappa shape index (κ2) is 6.73. The molecule has 2 aromatic heterocycles. The number of fused-ring (bicyclic) bond motifs is 2. The summed E-state index contributed by atoms with van der Waals surface area (Å²) in [6.45, 7) is 1.98. The Kier molecular flexibility index (Phi) is 4.16. The number of aromatic nitrogens is 3. The summed E-state index contributed by atoms with van der Waals surface area (Å²) >= 11 is 0. The van der Waals surface area contributed by atoms with Gasteiger partial charge < -0.3 is 19.9 Å². The molecule has 0 radical (unpaired) electrons. The molecule has 2 amide bonds. The molecule has 3 heterocycles. The van der Waals surface area contributed by atoms with Crippen LogP contribution >= 0.6 is 0 Å². The third kappa shape index (κ3) is 3.19. The number of methoxy groups -OCH3 is 1. The molecule has 150 valence electrons. The monoisotopic (exact) mass is 393 g/mol. The molecule has 29 heavy (non-hydrogen) atoms. The van der Waals surface area contributed by atoms with Crippen molar-refractivity contribution in [1.29, 1.82) is 0 Å². The number of rotatable bonds is 5. The lowest BCUT2D eigenvalue weighted by atomic mass is 10.1. The number of para-hydroxylation sites is 1. The first kappa shape index (κ1) is 17.9. The van der Waals surface area contributed by atoms with E-state index in [1.807, 2.05) is 35.0 Å². The number of hydrogen-bond acceptors (Lipinski definition) is 4. The van der Waals surface area contributed by atoms with Gasteiger partial charge in [-0.2, -0.15) is 5.10 Å². The Bertz CT molecular complexity index is 1060. The topological polar surface area (TPSA) is 92.2 Å². The second-order valence-electron chi connectivity index (χ2n) is 7.89. The van der Waals surface area contributed by atoms with Gasteiger partial charge in [0.25, 0.3) is 11.8 Å². The van der Waals surface area contributed by atoms with Gasteiger partial charge in [0.2, 0.25) is 0 Å². The molecule has 8 heteroatoms. The van der Waals surface area contributed by atoms with Crippen molar-refractivity contribution in [3.63, 3.8) is 0 Å². The van der Waals surface area contributed by atoms with Crippen molar-refractivity contribution in [2.24, 2.45) is 0 Å². The summed E-state index contributed by atoms with van der Waals surface area (Å²) < 4.78 is 7.05. The molecular formula is C21H23N5O3. The fraction of sp³-hybridized carbons (Fsp3) is 0.381. The van der Waals surface area contributed by atoms with E-state index in [1.54, 1.807) is 18.2 Å². The maximum atomic E-state index is 13.1. The fourth-order valence-corrected chi connectivity index (χ4v) is 4.01. The molecule has 3 aromatic rings. The van der Waals surface area contributed by atoms with E-state index in [2.05, 4.69) is 15.4 Å². The molecule has 1 saturated carbocycles. The van der Waals surface area contributed by atoms with Crippen LogP contribution in [0.15, 0.2) is 36.5 Å². The van der Waals surface area contributed by atoms with Crippen molar-refractivity contribution in [2.45, 2.75) is 31.5 Å². The van der Waals surface area contributed by atoms with Crippen molar-refractivity contribution in [2.75, 3.05) is 20.3 Å². The van der Waals surface area contributed by atoms with Gasteiger partial charge in [0.1, 0.15) is 5.69 Å². The van der Waals surface area contributed by atoms with E-state index in [4.69, 9.17) is 4.74 Å². The number of H-pyrrole nitrogens is 1. The first-order valence-electron chi connectivity index (χ1n) is 9.82. The number of benzene rings is 1. The maximum Gasteiger partial charge on any atom is 0.270 e. The summed E-state index contributed by atoms with van der Waals surface area (Å²) in [5.74, 6) is -0.223. The number of carbonyl (C=O) groups is 2. The quantitative estimate of drug-likeness (QED) is 0.693. The van der Waals surface area contributed by atoms with Crippen LogP contribution in [0, 0.1) is 0 Å². The molecule has 0 spiro atoms. The average Bonchev–Trinajstić information content (AvgIpc) is 3.17. The summed E-state index contributed by atoms with van der Waals surface area (Å²) in [7, 11) is 1.64. The minimum absolute atomic E-state index is 0.0712. The Morgan fingerprint density at radius 2 is 2.10 bits per heavy atom. The van der Waals surface area contributed by atoms with E-state index in [0.29, 0.717) is 37.5 Å². The van der Waals surface area contributed by atoms with Gasteiger partial charge in [0.15, 0.2) is 0 Å². The van der Waals surface area contributed by atoms with Gasteiger partial charge in [-0.1, -0.05) is 18.2 Å². The molecule has 2 aliphatic rings. The predicted molar refractivity (Wildman–Crippen MR) is 107 cm³/mol. The molecule has 8 nitrogen and oxygen atoms in total. The van der Waals surface area contributed by atoms with E-state index < -0.39 is 0 Å². The van der Waals surface area contributed by atoms with Crippen LogP contribution in [-0.2, 0) is 17.8 Å². The Labute approximate surface area is 167 Å². The molecule has 0 bridgehead atoms. The normalized spacial score (nSPS) is 17.2. The van der Waals surface area contributed by atoms with Crippen molar-refractivity contribution in [3.05, 3.63) is 53.5 Å². The predicted octanol–water partition coefficient (Wildman–Crippen LogP) is 1.93. The van der Waals surface area contributed by atoms with Gasteiger partial charge in [-0.15, -0.1) is 0 Å². The number of hydrogen-bond donors (Lipinski definition) is 2. The number of carbonyl (C=O) groups excluding carboxylic acids is 2. The fourth-order valence-electron chi connectivity index (χ4n) is 4.01. The number of amides is 2. The number of aromatic amines is 1. The smallest absolute Gasteiger partial charge is 0.270 e. The standard InChI is InChI=1S/C21H23N5O3/c1-29-13-21(6-7-21)24-19(27)15-11-22-26-9-8-25(12-18(15)26)20(28)17-10-14-4-2-3-5-16(14)23-17/h2-5,10-11,23H,6-9,12-13H2,1H3,(H,24,27). The van der Waals surface area contributed by atoms with Gasteiger partial charge >= 0.3 is 0 Å². The zero-order valence-electron chi connectivity index (χ0n) is 16.3. The number of ether oxygens (including phenoxy) is 1. The summed E-state index contributed by atoms with van der Waals surface area (Å²) in [6, 6.07) is 9.69. The Hall–Kier alpha value is -3.13. The van der Waals surface area contributed by atoms with Crippen LogP contribution in [0.4, 0.5) is 0 Å². The lowest BCUT2D eigenvalue weighted by Crippen LogP contribution is -2.42. The van der Waals surface area contributed by atoms with Crippen LogP contribution in [0.25, 0.3) is 10.9 Å². The van der Waals surface area contributed by atoms with Crippen molar-refractivity contribution in [3.8, 4) is 0 Å². The molecule has 1 aromatic carbocycles. The van der Waals surface area contributed by atoms with Crippen LogP contribution in [-0.4, -0.2) is 57.3 Å². The molecule has 1 fully saturated rings. The molecule has 5 rings (SSSR count). The molecule has 0 atom stereocenters. The van der Waals surface area contributed by atoms with Gasteiger partial charge in [0.05, 0.1) is 42.7 Å². The van der Waals surface area contributed by atoms with E-state index >= 15 is 0 Å². The number of nitrogens with zero attached hydrogens (tertiary/aromatic N) is 3. The molecule has 1 aliphatic carbocycles. The van der Waals surface area contributed by atoms with E-state index in [9.17, 15) is 9.59 Å². The van der Waals surface area contributed by atoms with E-state index in [1.165, 1.54) is 0 Å². The molecule has 0 saturated heterocycles. The minimum Gasteiger partial charge on any atom is -0.382 e. The van der Waals surface area contributed by atoms with Crippen molar-refractivity contribution in [1.82, 2.24) is 25.0 Å². The average molecular weight is 393 g/mol. The Morgan fingerprint density at radius 3 is 2.86 bits per heavy atom. The highest BCUT2D eigenvalue weighted by Gasteiger charge is 2.44. The second-order valence-corrected chi connectivity index (χ2v) is 7.89. The highest BCUT2D eigenvalue weighted by Crippen LogP contribution is 2.36. The van der Waals surface area contributed by atoms with Gasteiger partial charge in [-0.05, 0) is 25.0 Å². The summed E-state index contributed by atoms with van der Waals surface area (Å²) in [5, 5.41) is 8.45. The number of nitrogens with one attached hydrogen (secondary N) is 2. The first-order valence-corrected chi connectivity index (χ1v) is 9.82. The van der Waals surface area contributed by atoms with Crippen LogP contribution in [0.5, 0.6) is 0 Å². The van der Waals surface area contributed by atoms with Crippen LogP contribution in [0.3, 0.4) is 0 Å². The van der Waals surface area contributed by atoms with Gasteiger partial charge in [-0.3, -0.25) is 14.3 Å². The first-order chi connectivity index (χ1) is 14.1.